The Morgan fingerprint density at radius 2 is 2.24 bits per heavy atom. The zero-order valence-electron chi connectivity index (χ0n) is 8.94. The number of halogens is 3. The van der Waals surface area contributed by atoms with Crippen LogP contribution in [0.4, 0.5) is 12.9 Å². The lowest BCUT2D eigenvalue weighted by atomic mass is 9.80. The first-order chi connectivity index (χ1) is 8.02. The Morgan fingerprint density at radius 1 is 1.47 bits per heavy atom. The molecule has 1 aliphatic rings. The summed E-state index contributed by atoms with van der Waals surface area (Å²) in [6.07, 6.45) is 2.80. The van der Waals surface area contributed by atoms with Crippen molar-refractivity contribution in [3.05, 3.63) is 11.9 Å². The highest BCUT2D eigenvalue weighted by Gasteiger charge is 2.32. The Bertz CT molecular complexity index is 445. The van der Waals surface area contributed by atoms with Gasteiger partial charge in [0, 0.05) is 12.8 Å². The molecule has 0 saturated carbocycles. The van der Waals surface area contributed by atoms with Crippen molar-refractivity contribution in [2.45, 2.75) is 25.5 Å². The molecule has 8 heteroatoms. The molecular formula is C9H10BF3N3O-. The number of aromatic nitrogens is 2. The predicted octanol–water partition coefficient (Wildman–Crippen LogP) is 1.51. The Balaban J connectivity index is 2.31. The van der Waals surface area contributed by atoms with Gasteiger partial charge in [0.2, 0.25) is 0 Å². The van der Waals surface area contributed by atoms with Gasteiger partial charge in [-0.1, -0.05) is 5.46 Å². The molecule has 1 unspecified atom stereocenters. The van der Waals surface area contributed by atoms with Crippen LogP contribution in [0.5, 0.6) is 0 Å². The van der Waals surface area contributed by atoms with E-state index in [9.17, 15) is 12.9 Å². The summed E-state index contributed by atoms with van der Waals surface area (Å²) in [4.78, 5) is 0. The van der Waals surface area contributed by atoms with E-state index in [1.807, 2.05) is 0 Å². The molecule has 0 aliphatic carbocycles. The lowest BCUT2D eigenvalue weighted by molar-refractivity contribution is -0.0395. The molecule has 1 atom stereocenters. The second-order valence-corrected chi connectivity index (χ2v) is 3.92. The zero-order chi connectivity index (χ0) is 12.5. The Labute approximate surface area is 96.0 Å². The van der Waals surface area contributed by atoms with Crippen LogP contribution in [0.25, 0.3) is 0 Å². The summed E-state index contributed by atoms with van der Waals surface area (Å²) in [5, 5.41) is 12.3. The summed E-state index contributed by atoms with van der Waals surface area (Å²) in [7, 11) is 0. The topological polar surface area (TPSA) is 50.8 Å². The third kappa shape index (κ3) is 2.44. The van der Waals surface area contributed by atoms with Crippen molar-refractivity contribution in [3.63, 3.8) is 0 Å². The van der Waals surface area contributed by atoms with Crippen LogP contribution in [0.3, 0.4) is 0 Å². The maximum atomic E-state index is 12.6. The molecule has 1 aromatic rings. The Morgan fingerprint density at radius 3 is 2.71 bits per heavy atom. The maximum Gasteiger partial charge on any atom is 0.514 e. The fourth-order valence-electron chi connectivity index (χ4n) is 1.81. The fraction of sp³-hybridized carbons (Fsp3) is 0.556. The molecule has 2 heterocycles. The minimum Gasteiger partial charge on any atom is -0.445 e. The van der Waals surface area contributed by atoms with Crippen molar-refractivity contribution in [1.82, 2.24) is 9.78 Å². The molecule has 1 fully saturated rings. The molecule has 0 spiro atoms. The van der Waals surface area contributed by atoms with E-state index in [1.165, 1.54) is 6.07 Å². The SMILES string of the molecule is N#Cc1nn(C2CCCCO2)cc1[B-](F)(F)F. The lowest BCUT2D eigenvalue weighted by Crippen LogP contribution is -2.35. The predicted molar refractivity (Wildman–Crippen MR) is 54.5 cm³/mol. The molecule has 1 aliphatic heterocycles. The second kappa shape index (κ2) is 4.41. The summed E-state index contributed by atoms with van der Waals surface area (Å²) in [6, 6.07) is 1.47. The molecule has 0 N–H and O–H groups in total. The zero-order valence-corrected chi connectivity index (χ0v) is 8.94. The van der Waals surface area contributed by atoms with Gasteiger partial charge < -0.3 is 17.7 Å². The molecule has 0 aromatic carbocycles. The van der Waals surface area contributed by atoms with Gasteiger partial charge in [0.15, 0.2) is 0 Å². The van der Waals surface area contributed by atoms with E-state index in [0.717, 1.165) is 23.7 Å². The second-order valence-electron chi connectivity index (χ2n) is 3.92. The summed E-state index contributed by atoms with van der Waals surface area (Å²) < 4.78 is 44.3. The van der Waals surface area contributed by atoms with Gasteiger partial charge in [0.05, 0.1) is 0 Å². The molecule has 1 aromatic heterocycles. The van der Waals surface area contributed by atoms with Gasteiger partial charge in [0.25, 0.3) is 0 Å². The van der Waals surface area contributed by atoms with E-state index in [-0.39, 0.29) is 0 Å². The Hall–Kier alpha value is -1.49. The normalized spacial score (nSPS) is 21.2. The van der Waals surface area contributed by atoms with Gasteiger partial charge in [-0.15, -0.1) is 0 Å². The highest BCUT2D eigenvalue weighted by Crippen LogP contribution is 2.22. The largest absolute Gasteiger partial charge is 0.514 e. The van der Waals surface area contributed by atoms with E-state index in [4.69, 9.17) is 10.00 Å². The van der Waals surface area contributed by atoms with Crippen LogP contribution in [-0.4, -0.2) is 23.4 Å². The van der Waals surface area contributed by atoms with Crippen LogP contribution >= 0.6 is 0 Å². The van der Waals surface area contributed by atoms with Crippen molar-refractivity contribution in [1.29, 1.82) is 5.26 Å². The van der Waals surface area contributed by atoms with Crippen molar-refractivity contribution in [2.75, 3.05) is 6.61 Å². The molecule has 92 valence electrons. The number of hydrogen-bond donors (Lipinski definition) is 0. The van der Waals surface area contributed by atoms with Gasteiger partial charge in [-0.3, -0.25) is 0 Å². The average Bonchev–Trinajstić information content (AvgIpc) is 2.74. The first kappa shape index (κ1) is 12.0. The van der Waals surface area contributed by atoms with E-state index in [1.54, 1.807) is 0 Å². The highest BCUT2D eigenvalue weighted by atomic mass is 19.4. The van der Waals surface area contributed by atoms with Gasteiger partial charge in [0.1, 0.15) is 18.0 Å². The van der Waals surface area contributed by atoms with Crippen molar-refractivity contribution in [2.24, 2.45) is 0 Å². The number of ether oxygens (including phenoxy) is 1. The van der Waals surface area contributed by atoms with Crippen molar-refractivity contribution in [3.8, 4) is 6.07 Å². The van der Waals surface area contributed by atoms with Crippen LogP contribution in [-0.2, 0) is 4.74 Å². The average molecular weight is 244 g/mol. The smallest absolute Gasteiger partial charge is 0.445 e. The minimum atomic E-state index is -5.21. The first-order valence-electron chi connectivity index (χ1n) is 5.33. The van der Waals surface area contributed by atoms with Crippen LogP contribution in [0.15, 0.2) is 6.20 Å². The van der Waals surface area contributed by atoms with Gasteiger partial charge >= 0.3 is 6.98 Å². The highest BCUT2D eigenvalue weighted by molar-refractivity contribution is 6.74. The Kier molecular flexibility index (Phi) is 3.11. The van der Waals surface area contributed by atoms with Gasteiger partial charge in [-0.2, -0.15) is 10.4 Å². The van der Waals surface area contributed by atoms with E-state index in [2.05, 4.69) is 5.10 Å². The number of nitriles is 1. The molecule has 0 amide bonds. The molecule has 2 rings (SSSR count). The summed E-state index contributed by atoms with van der Waals surface area (Å²) >= 11 is 0. The molecule has 4 nitrogen and oxygen atoms in total. The third-order valence-corrected chi connectivity index (χ3v) is 2.67. The van der Waals surface area contributed by atoms with Crippen LogP contribution in [0, 0.1) is 11.3 Å². The van der Waals surface area contributed by atoms with Gasteiger partial charge in [-0.25, -0.2) is 4.68 Å². The van der Waals surface area contributed by atoms with E-state index in [0.29, 0.717) is 13.0 Å². The third-order valence-electron chi connectivity index (χ3n) is 2.67. The summed E-state index contributed by atoms with van der Waals surface area (Å²) in [6.45, 7) is -4.70. The van der Waals surface area contributed by atoms with Crippen molar-refractivity contribution >= 4 is 12.4 Å². The maximum absolute atomic E-state index is 12.6. The van der Waals surface area contributed by atoms with Crippen molar-refractivity contribution < 1.29 is 17.7 Å². The summed E-state index contributed by atoms with van der Waals surface area (Å²) in [5.74, 6) is 0. The van der Waals surface area contributed by atoms with Gasteiger partial charge in [-0.05, 0) is 19.3 Å². The number of rotatable bonds is 2. The number of hydrogen-bond acceptors (Lipinski definition) is 3. The monoisotopic (exact) mass is 244 g/mol. The molecule has 17 heavy (non-hydrogen) atoms. The minimum absolute atomic E-state index is 0.484. The van der Waals surface area contributed by atoms with Crippen LogP contribution in [0.2, 0.25) is 0 Å². The quantitative estimate of drug-likeness (QED) is 0.741. The van der Waals surface area contributed by atoms with E-state index < -0.39 is 24.4 Å². The molecule has 1 saturated heterocycles. The number of nitrogens with zero attached hydrogens (tertiary/aromatic N) is 3. The molecule has 0 bridgehead atoms. The lowest BCUT2D eigenvalue weighted by Gasteiger charge is -2.22. The van der Waals surface area contributed by atoms with Crippen LogP contribution in [0.1, 0.15) is 31.2 Å². The van der Waals surface area contributed by atoms with Crippen LogP contribution < -0.4 is 5.46 Å². The molecule has 0 radical (unpaired) electrons. The standard InChI is InChI=1S/C9H10BF3N3O/c11-10(12,13)7-6-16(15-8(7)5-14)9-3-1-2-4-17-9/h6,9H,1-4H2/q-1. The fourth-order valence-corrected chi connectivity index (χ4v) is 1.81. The summed E-state index contributed by atoms with van der Waals surface area (Å²) in [5.41, 5.74) is -1.52. The van der Waals surface area contributed by atoms with E-state index >= 15 is 0 Å². The first-order valence-corrected chi connectivity index (χ1v) is 5.33. The molecular weight excluding hydrogens is 234 g/mol.